The molecular formula is C22H15Br2NO4. The average molecular weight is 517 g/mol. The Balaban J connectivity index is 1.49. The summed E-state index contributed by atoms with van der Waals surface area (Å²) in [6.45, 7) is -0.386. The number of amides is 1. The van der Waals surface area contributed by atoms with E-state index in [0.29, 0.717) is 28.3 Å². The number of rotatable bonds is 4. The van der Waals surface area contributed by atoms with Gasteiger partial charge in [0.05, 0.1) is 5.69 Å². The summed E-state index contributed by atoms with van der Waals surface area (Å²) < 4.78 is 12.9. The number of esters is 1. The van der Waals surface area contributed by atoms with Gasteiger partial charge in [-0.1, -0.05) is 52.3 Å². The molecule has 4 rings (SSSR count). The highest BCUT2D eigenvalue weighted by molar-refractivity contribution is 9.11. The molecule has 0 spiro atoms. The van der Waals surface area contributed by atoms with Crippen LogP contribution in [0.3, 0.4) is 0 Å². The molecular weight excluding hydrogens is 502 g/mol. The lowest BCUT2D eigenvalue weighted by Gasteiger charge is -2.26. The summed E-state index contributed by atoms with van der Waals surface area (Å²) in [6, 6.07) is 20.0. The van der Waals surface area contributed by atoms with Crippen molar-refractivity contribution >= 4 is 49.4 Å². The first kappa shape index (κ1) is 19.7. The lowest BCUT2D eigenvalue weighted by Crippen LogP contribution is -2.26. The maximum Gasteiger partial charge on any atom is 0.318 e. The SMILES string of the molecule is O=C(COC(=O)C1c2ccccc2Oc2ccccc21)Nc1ccc(Br)cc1Br. The topological polar surface area (TPSA) is 64.6 Å². The van der Waals surface area contributed by atoms with Gasteiger partial charge in [-0.3, -0.25) is 9.59 Å². The van der Waals surface area contributed by atoms with Crippen LogP contribution in [0, 0.1) is 0 Å². The highest BCUT2D eigenvalue weighted by atomic mass is 79.9. The van der Waals surface area contributed by atoms with Gasteiger partial charge in [0.15, 0.2) is 6.61 Å². The lowest BCUT2D eigenvalue weighted by molar-refractivity contribution is -0.148. The number of halogens is 2. The fourth-order valence-electron chi connectivity index (χ4n) is 3.16. The van der Waals surface area contributed by atoms with Crippen molar-refractivity contribution in [2.45, 2.75) is 5.92 Å². The van der Waals surface area contributed by atoms with Crippen molar-refractivity contribution in [3.8, 4) is 11.5 Å². The molecule has 1 N–H and O–H groups in total. The monoisotopic (exact) mass is 515 g/mol. The minimum atomic E-state index is -0.650. The lowest BCUT2D eigenvalue weighted by atomic mass is 9.88. The Kier molecular flexibility index (Phi) is 5.69. The quantitative estimate of drug-likeness (QED) is 0.456. The third-order valence-corrected chi connectivity index (χ3v) is 5.62. The predicted molar refractivity (Wildman–Crippen MR) is 116 cm³/mol. The number of carbonyl (C=O) groups is 2. The van der Waals surface area contributed by atoms with E-state index in [4.69, 9.17) is 9.47 Å². The fourth-order valence-corrected chi connectivity index (χ4v) is 4.31. The van der Waals surface area contributed by atoms with Gasteiger partial charge in [0, 0.05) is 20.1 Å². The molecule has 0 atom stereocenters. The number of hydrogen-bond acceptors (Lipinski definition) is 4. The predicted octanol–water partition coefficient (Wildman–Crippen LogP) is 5.63. The summed E-state index contributed by atoms with van der Waals surface area (Å²) in [5.74, 6) is -0.357. The van der Waals surface area contributed by atoms with E-state index in [1.807, 2.05) is 60.7 Å². The second kappa shape index (κ2) is 8.39. The molecule has 29 heavy (non-hydrogen) atoms. The van der Waals surface area contributed by atoms with Crippen molar-refractivity contribution < 1.29 is 19.1 Å². The first-order valence-corrected chi connectivity index (χ1v) is 10.4. The van der Waals surface area contributed by atoms with Gasteiger partial charge in [0.2, 0.25) is 0 Å². The zero-order chi connectivity index (χ0) is 20.4. The van der Waals surface area contributed by atoms with Gasteiger partial charge in [0.1, 0.15) is 17.4 Å². The molecule has 1 amide bonds. The number of para-hydroxylation sites is 2. The summed E-state index contributed by atoms with van der Waals surface area (Å²) in [5, 5.41) is 2.73. The standard InChI is InChI=1S/C22H15Br2NO4/c23-13-9-10-17(16(24)11-13)25-20(26)12-28-22(27)21-14-5-1-3-7-18(14)29-19-8-4-2-6-15(19)21/h1-11,21H,12H2,(H,25,26). The number of fused-ring (bicyclic) bond motifs is 2. The number of hydrogen-bond donors (Lipinski definition) is 1. The number of ether oxygens (including phenoxy) is 2. The largest absolute Gasteiger partial charge is 0.457 e. The van der Waals surface area contributed by atoms with E-state index in [2.05, 4.69) is 37.2 Å². The Morgan fingerprint density at radius 1 is 0.931 bits per heavy atom. The third-order valence-electron chi connectivity index (χ3n) is 4.47. The van der Waals surface area contributed by atoms with Crippen molar-refractivity contribution in [2.75, 3.05) is 11.9 Å². The second-order valence-corrected chi connectivity index (χ2v) is 8.16. The third kappa shape index (κ3) is 4.21. The molecule has 0 aliphatic carbocycles. The van der Waals surface area contributed by atoms with Crippen molar-refractivity contribution in [3.63, 3.8) is 0 Å². The molecule has 3 aromatic rings. The van der Waals surface area contributed by atoms with Gasteiger partial charge in [-0.25, -0.2) is 0 Å². The van der Waals surface area contributed by atoms with Crippen molar-refractivity contribution in [3.05, 3.63) is 86.8 Å². The number of nitrogens with one attached hydrogen (secondary N) is 1. The van der Waals surface area contributed by atoms with Crippen LogP contribution in [-0.4, -0.2) is 18.5 Å². The highest BCUT2D eigenvalue weighted by Gasteiger charge is 2.33. The van der Waals surface area contributed by atoms with E-state index in [1.165, 1.54) is 0 Å². The molecule has 146 valence electrons. The smallest absolute Gasteiger partial charge is 0.318 e. The van der Waals surface area contributed by atoms with Gasteiger partial charge >= 0.3 is 5.97 Å². The summed E-state index contributed by atoms with van der Waals surface area (Å²) >= 11 is 6.75. The van der Waals surface area contributed by atoms with Crippen LogP contribution in [0.5, 0.6) is 11.5 Å². The van der Waals surface area contributed by atoms with Crippen LogP contribution in [0.2, 0.25) is 0 Å². The second-order valence-electron chi connectivity index (χ2n) is 6.39. The Labute approximate surface area is 184 Å². The molecule has 0 radical (unpaired) electrons. The van der Waals surface area contributed by atoms with Crippen LogP contribution in [-0.2, 0) is 14.3 Å². The molecule has 7 heteroatoms. The molecule has 0 fully saturated rings. The summed E-state index contributed by atoms with van der Waals surface area (Å²) in [7, 11) is 0. The Bertz CT molecular complexity index is 1050. The number of carbonyl (C=O) groups excluding carboxylic acids is 2. The van der Waals surface area contributed by atoms with Gasteiger partial charge in [-0.15, -0.1) is 0 Å². The van der Waals surface area contributed by atoms with Gasteiger partial charge in [0.25, 0.3) is 5.91 Å². The maximum absolute atomic E-state index is 12.9. The molecule has 1 heterocycles. The molecule has 3 aromatic carbocycles. The van der Waals surface area contributed by atoms with Crippen LogP contribution in [0.1, 0.15) is 17.0 Å². The van der Waals surface area contributed by atoms with E-state index in [-0.39, 0.29) is 6.61 Å². The van der Waals surface area contributed by atoms with Crippen LogP contribution >= 0.6 is 31.9 Å². The molecule has 0 aromatic heterocycles. The Morgan fingerprint density at radius 3 is 2.17 bits per heavy atom. The Morgan fingerprint density at radius 2 is 1.55 bits per heavy atom. The van der Waals surface area contributed by atoms with Crippen LogP contribution in [0.25, 0.3) is 0 Å². The minimum absolute atomic E-state index is 0.386. The van der Waals surface area contributed by atoms with Crippen molar-refractivity contribution in [1.82, 2.24) is 0 Å². The van der Waals surface area contributed by atoms with Gasteiger partial charge < -0.3 is 14.8 Å². The molecule has 5 nitrogen and oxygen atoms in total. The minimum Gasteiger partial charge on any atom is -0.457 e. The maximum atomic E-state index is 12.9. The zero-order valence-corrected chi connectivity index (χ0v) is 18.2. The van der Waals surface area contributed by atoms with Crippen LogP contribution in [0.4, 0.5) is 5.69 Å². The number of anilines is 1. The molecule has 0 saturated heterocycles. The molecule has 1 aliphatic heterocycles. The van der Waals surface area contributed by atoms with E-state index >= 15 is 0 Å². The van der Waals surface area contributed by atoms with Crippen molar-refractivity contribution in [1.29, 1.82) is 0 Å². The van der Waals surface area contributed by atoms with Crippen LogP contribution < -0.4 is 10.1 Å². The van der Waals surface area contributed by atoms with Crippen molar-refractivity contribution in [2.24, 2.45) is 0 Å². The number of benzene rings is 3. The molecule has 0 bridgehead atoms. The summed E-state index contributed by atoms with van der Waals surface area (Å²) in [4.78, 5) is 25.2. The summed E-state index contributed by atoms with van der Waals surface area (Å²) in [5.41, 5.74) is 2.02. The van der Waals surface area contributed by atoms with Gasteiger partial charge in [-0.05, 0) is 46.3 Å². The Hall–Kier alpha value is -2.64. The zero-order valence-electron chi connectivity index (χ0n) is 15.0. The normalized spacial score (nSPS) is 12.3. The van der Waals surface area contributed by atoms with E-state index in [0.717, 1.165) is 8.95 Å². The van der Waals surface area contributed by atoms with Gasteiger partial charge in [-0.2, -0.15) is 0 Å². The molecule has 0 saturated carbocycles. The van der Waals surface area contributed by atoms with E-state index in [9.17, 15) is 9.59 Å². The first-order valence-electron chi connectivity index (χ1n) is 8.80. The fraction of sp³-hybridized carbons (Fsp3) is 0.0909. The van der Waals surface area contributed by atoms with E-state index < -0.39 is 17.8 Å². The highest BCUT2D eigenvalue weighted by Crippen LogP contribution is 2.44. The van der Waals surface area contributed by atoms with Crippen LogP contribution in [0.15, 0.2) is 75.7 Å². The molecule has 1 aliphatic rings. The average Bonchev–Trinajstić information content (AvgIpc) is 2.72. The first-order chi connectivity index (χ1) is 14.0. The molecule has 0 unspecified atom stereocenters. The summed E-state index contributed by atoms with van der Waals surface area (Å²) in [6.07, 6.45) is 0. The van der Waals surface area contributed by atoms with E-state index in [1.54, 1.807) is 6.07 Å².